The van der Waals surface area contributed by atoms with Gasteiger partial charge in [-0.1, -0.05) is 37.3 Å². The Hall–Kier alpha value is -1.61. The van der Waals surface area contributed by atoms with Crippen LogP contribution < -0.4 is 0 Å². The molecule has 0 aromatic heterocycles. The van der Waals surface area contributed by atoms with Gasteiger partial charge in [-0.3, -0.25) is 0 Å². The second-order valence-corrected chi connectivity index (χ2v) is 4.26. The van der Waals surface area contributed by atoms with Crippen LogP contribution in [-0.2, 0) is 14.3 Å². The minimum absolute atomic E-state index is 0.302. The van der Waals surface area contributed by atoms with E-state index in [1.165, 1.54) is 6.08 Å². The van der Waals surface area contributed by atoms with Crippen LogP contribution >= 0.6 is 0 Å². The summed E-state index contributed by atoms with van der Waals surface area (Å²) in [5.41, 5.74) is 0.988. The van der Waals surface area contributed by atoms with Crippen molar-refractivity contribution in [2.24, 2.45) is 5.92 Å². The van der Waals surface area contributed by atoms with Crippen molar-refractivity contribution in [2.45, 2.75) is 13.3 Å². The molecule has 1 aromatic carbocycles. The lowest BCUT2D eigenvalue weighted by Crippen LogP contribution is -2.09. The summed E-state index contributed by atoms with van der Waals surface area (Å²) in [6, 6.07) is 9.66. The van der Waals surface area contributed by atoms with Gasteiger partial charge in [-0.05, 0) is 24.0 Å². The number of rotatable bonds is 7. The Bertz CT molecular complexity index is 371. The van der Waals surface area contributed by atoms with Crippen LogP contribution in [0.15, 0.2) is 36.4 Å². The molecule has 0 aliphatic rings. The highest BCUT2D eigenvalue weighted by Gasteiger charge is 2.03. The summed E-state index contributed by atoms with van der Waals surface area (Å²) in [7, 11) is 1.67. The minimum Gasteiger partial charge on any atom is -0.463 e. The fraction of sp³-hybridized carbons (Fsp3) is 0.400. The quantitative estimate of drug-likeness (QED) is 0.550. The molecule has 0 fully saturated rings. The minimum atomic E-state index is -0.302. The summed E-state index contributed by atoms with van der Waals surface area (Å²) in [6.45, 7) is 3.19. The highest BCUT2D eigenvalue weighted by atomic mass is 16.5. The Morgan fingerprint density at radius 3 is 2.72 bits per heavy atom. The van der Waals surface area contributed by atoms with E-state index in [1.807, 2.05) is 30.3 Å². The van der Waals surface area contributed by atoms with Crippen LogP contribution in [0.4, 0.5) is 0 Å². The molecule has 0 bridgehead atoms. The van der Waals surface area contributed by atoms with Gasteiger partial charge in [0.05, 0.1) is 6.61 Å². The van der Waals surface area contributed by atoms with E-state index in [4.69, 9.17) is 9.47 Å². The van der Waals surface area contributed by atoms with E-state index in [1.54, 1.807) is 13.2 Å². The molecule has 0 heterocycles. The predicted octanol–water partition coefficient (Wildman–Crippen LogP) is 2.92. The third-order valence-corrected chi connectivity index (χ3v) is 2.52. The van der Waals surface area contributed by atoms with E-state index in [2.05, 4.69) is 6.92 Å². The summed E-state index contributed by atoms with van der Waals surface area (Å²) in [4.78, 5) is 11.4. The summed E-state index contributed by atoms with van der Waals surface area (Å²) < 4.78 is 10.1. The molecule has 0 aliphatic heterocycles. The Morgan fingerprint density at radius 1 is 1.33 bits per heavy atom. The maximum atomic E-state index is 11.4. The third-order valence-electron chi connectivity index (χ3n) is 2.52. The lowest BCUT2D eigenvalue weighted by Gasteiger charge is -2.09. The van der Waals surface area contributed by atoms with Gasteiger partial charge >= 0.3 is 5.97 Å². The molecule has 1 unspecified atom stereocenters. The summed E-state index contributed by atoms with van der Waals surface area (Å²) in [5.74, 6) is 0.101. The molecule has 0 radical (unpaired) electrons. The van der Waals surface area contributed by atoms with Crippen LogP contribution in [0.2, 0.25) is 0 Å². The van der Waals surface area contributed by atoms with Crippen LogP contribution in [0.5, 0.6) is 0 Å². The molecule has 0 spiro atoms. The molecular formula is C15H20O3. The number of methoxy groups -OCH3 is 1. The Labute approximate surface area is 108 Å². The highest BCUT2D eigenvalue weighted by molar-refractivity contribution is 5.86. The average Bonchev–Trinajstić information content (AvgIpc) is 2.38. The van der Waals surface area contributed by atoms with Gasteiger partial charge in [-0.25, -0.2) is 4.79 Å². The zero-order valence-corrected chi connectivity index (χ0v) is 11.0. The molecule has 0 saturated heterocycles. The normalized spacial score (nSPS) is 12.6. The van der Waals surface area contributed by atoms with Gasteiger partial charge in [0.25, 0.3) is 0 Å². The molecule has 98 valence electrons. The number of benzene rings is 1. The SMILES string of the molecule is COCC(C)CCOC(=O)/C=C/c1ccccc1. The van der Waals surface area contributed by atoms with Crippen molar-refractivity contribution >= 4 is 12.0 Å². The third kappa shape index (κ3) is 6.21. The number of hydrogen-bond donors (Lipinski definition) is 0. The summed E-state index contributed by atoms with van der Waals surface area (Å²) >= 11 is 0. The average molecular weight is 248 g/mol. The first-order valence-electron chi connectivity index (χ1n) is 6.11. The Morgan fingerprint density at radius 2 is 2.06 bits per heavy atom. The second-order valence-electron chi connectivity index (χ2n) is 4.26. The van der Waals surface area contributed by atoms with Gasteiger partial charge in [-0.2, -0.15) is 0 Å². The molecule has 0 N–H and O–H groups in total. The molecule has 0 aliphatic carbocycles. The molecule has 18 heavy (non-hydrogen) atoms. The monoisotopic (exact) mass is 248 g/mol. The van der Waals surface area contributed by atoms with E-state index in [0.717, 1.165) is 12.0 Å². The van der Waals surface area contributed by atoms with E-state index >= 15 is 0 Å². The van der Waals surface area contributed by atoms with Crippen LogP contribution in [-0.4, -0.2) is 26.3 Å². The first-order valence-corrected chi connectivity index (χ1v) is 6.11. The molecule has 0 amide bonds. The predicted molar refractivity (Wildman–Crippen MR) is 72.1 cm³/mol. The van der Waals surface area contributed by atoms with Crippen molar-refractivity contribution in [1.29, 1.82) is 0 Å². The molecular weight excluding hydrogens is 228 g/mol. The van der Waals surface area contributed by atoms with Crippen molar-refractivity contribution in [3.63, 3.8) is 0 Å². The number of ether oxygens (including phenoxy) is 2. The second kappa shape index (κ2) is 8.48. The lowest BCUT2D eigenvalue weighted by molar-refractivity contribution is -0.138. The van der Waals surface area contributed by atoms with E-state index in [0.29, 0.717) is 19.1 Å². The van der Waals surface area contributed by atoms with E-state index in [-0.39, 0.29) is 5.97 Å². The molecule has 3 heteroatoms. The van der Waals surface area contributed by atoms with Crippen molar-refractivity contribution in [3.05, 3.63) is 42.0 Å². The molecule has 1 aromatic rings. The van der Waals surface area contributed by atoms with Gasteiger partial charge in [0.1, 0.15) is 0 Å². The fourth-order valence-electron chi connectivity index (χ4n) is 1.51. The van der Waals surface area contributed by atoms with Crippen LogP contribution in [0.25, 0.3) is 6.08 Å². The molecule has 1 atom stereocenters. The molecule has 3 nitrogen and oxygen atoms in total. The zero-order chi connectivity index (χ0) is 13.2. The summed E-state index contributed by atoms with van der Waals surface area (Å²) in [6.07, 6.45) is 4.02. The zero-order valence-electron chi connectivity index (χ0n) is 11.0. The van der Waals surface area contributed by atoms with Gasteiger partial charge in [-0.15, -0.1) is 0 Å². The van der Waals surface area contributed by atoms with Crippen molar-refractivity contribution in [2.75, 3.05) is 20.3 Å². The molecule has 0 saturated carbocycles. The number of esters is 1. The van der Waals surface area contributed by atoms with Crippen molar-refractivity contribution in [3.8, 4) is 0 Å². The van der Waals surface area contributed by atoms with E-state index in [9.17, 15) is 4.79 Å². The first-order chi connectivity index (χ1) is 8.72. The Kier molecular flexibility index (Phi) is 6.81. The first kappa shape index (κ1) is 14.5. The topological polar surface area (TPSA) is 35.5 Å². The maximum Gasteiger partial charge on any atom is 0.330 e. The van der Waals surface area contributed by atoms with Gasteiger partial charge in [0.2, 0.25) is 0 Å². The largest absolute Gasteiger partial charge is 0.463 e. The summed E-state index contributed by atoms with van der Waals surface area (Å²) in [5, 5.41) is 0. The standard InChI is InChI=1S/C15H20O3/c1-13(12-17-2)10-11-18-15(16)9-8-14-6-4-3-5-7-14/h3-9,13H,10-12H2,1-2H3/b9-8+. The lowest BCUT2D eigenvalue weighted by atomic mass is 10.1. The van der Waals surface area contributed by atoms with Gasteiger partial charge in [0.15, 0.2) is 0 Å². The number of carbonyl (C=O) groups is 1. The fourth-order valence-corrected chi connectivity index (χ4v) is 1.51. The van der Waals surface area contributed by atoms with Gasteiger partial charge < -0.3 is 9.47 Å². The van der Waals surface area contributed by atoms with E-state index < -0.39 is 0 Å². The van der Waals surface area contributed by atoms with Crippen LogP contribution in [0.3, 0.4) is 0 Å². The Balaban J connectivity index is 2.24. The van der Waals surface area contributed by atoms with Gasteiger partial charge in [0, 0.05) is 19.8 Å². The number of carbonyl (C=O) groups excluding carboxylic acids is 1. The maximum absolute atomic E-state index is 11.4. The van der Waals surface area contributed by atoms with Crippen molar-refractivity contribution in [1.82, 2.24) is 0 Å². The van der Waals surface area contributed by atoms with Crippen LogP contribution in [0.1, 0.15) is 18.9 Å². The number of hydrogen-bond acceptors (Lipinski definition) is 3. The van der Waals surface area contributed by atoms with Crippen LogP contribution in [0, 0.1) is 5.92 Å². The van der Waals surface area contributed by atoms with Crippen molar-refractivity contribution < 1.29 is 14.3 Å². The highest BCUT2D eigenvalue weighted by Crippen LogP contribution is 2.03. The molecule has 1 rings (SSSR count). The smallest absolute Gasteiger partial charge is 0.330 e.